The van der Waals surface area contributed by atoms with Crippen LogP contribution in [-0.4, -0.2) is 36.8 Å². The fraction of sp³-hybridized carbons (Fsp3) is 0. The number of rotatable bonds is 6. The lowest BCUT2D eigenvalue weighted by Gasteiger charge is -2.15. The van der Waals surface area contributed by atoms with E-state index in [9.17, 15) is 24.9 Å². The Morgan fingerprint density at radius 2 is 1.00 bits per heavy atom. The summed E-state index contributed by atoms with van der Waals surface area (Å²) in [6.07, 6.45) is 0. The van der Waals surface area contributed by atoms with Crippen LogP contribution >= 0.6 is 0 Å². The monoisotopic (exact) mass is 676 g/mol. The van der Waals surface area contributed by atoms with Crippen LogP contribution in [0.2, 0.25) is 0 Å². The lowest BCUT2D eigenvalue weighted by atomic mass is 9.93. The van der Waals surface area contributed by atoms with Crippen molar-refractivity contribution in [3.05, 3.63) is 163 Å². The van der Waals surface area contributed by atoms with Crippen molar-refractivity contribution in [3.8, 4) is 45.1 Å². The molecule has 9 rings (SSSR count). The number of carbonyl (C=O) groups is 2. The van der Waals surface area contributed by atoms with Gasteiger partial charge in [0, 0.05) is 16.5 Å². The Hall–Kier alpha value is -7.25. The number of aromatic hydroxyl groups is 1. The molecule has 3 N–H and O–H groups in total. The molecule has 0 aliphatic rings. The number of phenolic OH excluding ortho intramolecular Hbond substituents is 1. The lowest BCUT2D eigenvalue weighted by Crippen LogP contribution is -1.98. The van der Waals surface area contributed by atoms with Gasteiger partial charge in [-0.1, -0.05) is 91.0 Å². The van der Waals surface area contributed by atoms with Crippen LogP contribution in [-0.2, 0) is 0 Å². The molecule has 0 amide bonds. The van der Waals surface area contributed by atoms with Crippen molar-refractivity contribution in [2.75, 3.05) is 0 Å². The standard InChI is InChI=1S/C45H28N2O5/c48-40-25-31-7-5-4-6-30(31)24-39(40)43-46-41-37-22-32(26-10-14-28(15-11-26)44(49)50)18-20-35(37)36-21-19-33(27-12-16-29(17-13-27)45(51)52)23-38(36)42(41)47(43)34-8-2-1-3-9-34/h1-25,48H,(H,49,50)(H,51,52). The zero-order valence-electron chi connectivity index (χ0n) is 27.5. The van der Waals surface area contributed by atoms with E-state index in [-0.39, 0.29) is 16.9 Å². The highest BCUT2D eigenvalue weighted by molar-refractivity contribution is 6.25. The summed E-state index contributed by atoms with van der Waals surface area (Å²) in [5.41, 5.74) is 7.02. The highest BCUT2D eigenvalue weighted by atomic mass is 16.4. The summed E-state index contributed by atoms with van der Waals surface area (Å²) in [6, 6.07) is 47.7. The number of fused-ring (bicyclic) bond motifs is 7. The van der Waals surface area contributed by atoms with Crippen molar-refractivity contribution in [2.45, 2.75) is 0 Å². The molecule has 52 heavy (non-hydrogen) atoms. The van der Waals surface area contributed by atoms with Crippen LogP contribution in [0, 0.1) is 0 Å². The summed E-state index contributed by atoms with van der Waals surface area (Å²) in [5.74, 6) is -1.28. The Bertz CT molecular complexity index is 2890. The molecular formula is C45H28N2O5. The minimum absolute atomic E-state index is 0.109. The minimum atomic E-state index is -0.980. The van der Waals surface area contributed by atoms with Gasteiger partial charge in [-0.05, 0) is 104 Å². The number of phenols is 1. The molecule has 0 atom stereocenters. The van der Waals surface area contributed by atoms with Gasteiger partial charge in [0.15, 0.2) is 0 Å². The predicted octanol–water partition coefficient (Wildman–Crippen LogP) is 10.6. The van der Waals surface area contributed by atoms with E-state index in [4.69, 9.17) is 4.98 Å². The Labute approximate surface area is 296 Å². The van der Waals surface area contributed by atoms with Gasteiger partial charge in [-0.25, -0.2) is 14.6 Å². The average molecular weight is 677 g/mol. The van der Waals surface area contributed by atoms with E-state index in [1.165, 1.54) is 0 Å². The first-order valence-corrected chi connectivity index (χ1v) is 16.7. The molecule has 0 radical (unpaired) electrons. The first-order valence-electron chi connectivity index (χ1n) is 16.7. The zero-order valence-corrected chi connectivity index (χ0v) is 27.5. The topological polar surface area (TPSA) is 113 Å². The first-order chi connectivity index (χ1) is 25.3. The number of carboxylic acids is 2. The summed E-state index contributed by atoms with van der Waals surface area (Å²) in [6.45, 7) is 0. The molecule has 0 spiro atoms. The molecule has 1 aromatic heterocycles. The highest BCUT2D eigenvalue weighted by Gasteiger charge is 2.23. The summed E-state index contributed by atoms with van der Waals surface area (Å²) in [7, 11) is 0. The summed E-state index contributed by atoms with van der Waals surface area (Å²) in [5, 5.41) is 36.2. The van der Waals surface area contributed by atoms with E-state index >= 15 is 0 Å². The molecule has 0 fully saturated rings. The van der Waals surface area contributed by atoms with Gasteiger partial charge in [0.1, 0.15) is 11.6 Å². The first kappa shape index (κ1) is 30.8. The minimum Gasteiger partial charge on any atom is -0.507 e. The Morgan fingerprint density at radius 1 is 0.500 bits per heavy atom. The van der Waals surface area contributed by atoms with E-state index in [1.807, 2.05) is 97.1 Å². The third kappa shape index (κ3) is 5.03. The van der Waals surface area contributed by atoms with Crippen LogP contribution in [0.25, 0.3) is 82.7 Å². The second-order valence-corrected chi connectivity index (χ2v) is 12.8. The molecule has 0 aliphatic carbocycles. The number of para-hydroxylation sites is 1. The van der Waals surface area contributed by atoms with Crippen molar-refractivity contribution in [1.29, 1.82) is 0 Å². The van der Waals surface area contributed by atoms with E-state index < -0.39 is 11.9 Å². The fourth-order valence-corrected chi connectivity index (χ4v) is 7.19. The number of benzene rings is 8. The van der Waals surface area contributed by atoms with Crippen LogP contribution in [0.5, 0.6) is 5.75 Å². The van der Waals surface area contributed by atoms with Crippen LogP contribution in [0.15, 0.2) is 152 Å². The molecule has 1 heterocycles. The van der Waals surface area contributed by atoms with Crippen molar-refractivity contribution in [1.82, 2.24) is 9.55 Å². The number of hydrogen-bond acceptors (Lipinski definition) is 4. The molecule has 0 saturated heterocycles. The number of aromatic nitrogens is 2. The normalized spacial score (nSPS) is 11.5. The number of carboxylic acid groups (broad SMARTS) is 2. The molecule has 0 bridgehead atoms. The van der Waals surface area contributed by atoms with Gasteiger partial charge in [-0.15, -0.1) is 0 Å². The Balaban J connectivity index is 1.40. The van der Waals surface area contributed by atoms with Gasteiger partial charge in [0.2, 0.25) is 0 Å². The van der Waals surface area contributed by atoms with Gasteiger partial charge in [-0.2, -0.15) is 0 Å². The number of nitrogens with zero attached hydrogens (tertiary/aromatic N) is 2. The smallest absolute Gasteiger partial charge is 0.335 e. The Morgan fingerprint density at radius 3 is 1.58 bits per heavy atom. The predicted molar refractivity (Wildman–Crippen MR) is 205 cm³/mol. The van der Waals surface area contributed by atoms with E-state index in [0.29, 0.717) is 11.4 Å². The quantitative estimate of drug-likeness (QED) is 0.151. The lowest BCUT2D eigenvalue weighted by molar-refractivity contribution is 0.0686. The van der Waals surface area contributed by atoms with E-state index in [1.54, 1.807) is 30.3 Å². The maximum absolute atomic E-state index is 11.6. The number of aromatic carboxylic acids is 2. The molecule has 7 heteroatoms. The molecule has 0 saturated carbocycles. The van der Waals surface area contributed by atoms with Crippen molar-refractivity contribution >= 4 is 55.3 Å². The molecule has 7 nitrogen and oxygen atoms in total. The molecule has 0 aliphatic heterocycles. The van der Waals surface area contributed by atoms with Gasteiger partial charge in [0.25, 0.3) is 0 Å². The highest BCUT2D eigenvalue weighted by Crippen LogP contribution is 2.43. The van der Waals surface area contributed by atoms with Gasteiger partial charge in [-0.3, -0.25) is 4.57 Å². The molecule has 248 valence electrons. The molecular weight excluding hydrogens is 649 g/mol. The van der Waals surface area contributed by atoms with Crippen LogP contribution < -0.4 is 0 Å². The molecule has 0 unspecified atom stereocenters. The number of hydrogen-bond donors (Lipinski definition) is 3. The Kier molecular flexibility index (Phi) is 7.08. The van der Waals surface area contributed by atoms with Gasteiger partial charge in [0.05, 0.1) is 27.7 Å². The van der Waals surface area contributed by atoms with Crippen LogP contribution in [0.4, 0.5) is 0 Å². The van der Waals surface area contributed by atoms with Gasteiger partial charge >= 0.3 is 11.9 Å². The summed E-state index contributed by atoms with van der Waals surface area (Å²) < 4.78 is 2.10. The van der Waals surface area contributed by atoms with Crippen molar-refractivity contribution < 1.29 is 24.9 Å². The zero-order chi connectivity index (χ0) is 35.5. The summed E-state index contributed by atoms with van der Waals surface area (Å²) in [4.78, 5) is 28.5. The maximum Gasteiger partial charge on any atom is 0.335 e. The van der Waals surface area contributed by atoms with Crippen molar-refractivity contribution in [3.63, 3.8) is 0 Å². The second-order valence-electron chi connectivity index (χ2n) is 12.8. The average Bonchev–Trinajstić information content (AvgIpc) is 3.59. The SMILES string of the molecule is O=C(O)c1ccc(-c2ccc3c4ccc(-c5ccc(C(=O)O)cc5)cc4c4c(nc(-c5cc6ccccc6cc5O)n4-c4ccccc4)c3c2)cc1. The van der Waals surface area contributed by atoms with Crippen LogP contribution in [0.1, 0.15) is 20.7 Å². The third-order valence-corrected chi connectivity index (χ3v) is 9.77. The molecule has 9 aromatic rings. The largest absolute Gasteiger partial charge is 0.507 e. The van der Waals surface area contributed by atoms with Crippen molar-refractivity contribution in [2.24, 2.45) is 0 Å². The van der Waals surface area contributed by atoms with Crippen LogP contribution in [0.3, 0.4) is 0 Å². The van der Waals surface area contributed by atoms with E-state index in [2.05, 4.69) is 28.8 Å². The summed E-state index contributed by atoms with van der Waals surface area (Å²) >= 11 is 0. The second kappa shape index (κ2) is 12.0. The third-order valence-electron chi connectivity index (χ3n) is 9.77. The maximum atomic E-state index is 11.6. The fourth-order valence-electron chi connectivity index (χ4n) is 7.19. The van der Waals surface area contributed by atoms with Gasteiger partial charge < -0.3 is 15.3 Å². The number of imidazole rings is 1. The molecule has 8 aromatic carbocycles. The van der Waals surface area contributed by atoms with E-state index in [0.717, 1.165) is 71.3 Å².